The van der Waals surface area contributed by atoms with Crippen LogP contribution in [0.1, 0.15) is 6.92 Å². The summed E-state index contributed by atoms with van der Waals surface area (Å²) in [7, 11) is 0. The number of halogens is 1. The average Bonchev–Trinajstić information content (AvgIpc) is 2.63. The molecule has 25 heavy (non-hydrogen) atoms. The Morgan fingerprint density at radius 2 is 1.80 bits per heavy atom. The molecule has 0 aliphatic carbocycles. The lowest BCUT2D eigenvalue weighted by Crippen LogP contribution is -2.30. The summed E-state index contributed by atoms with van der Waals surface area (Å²) in [5, 5.41) is 3.35. The summed E-state index contributed by atoms with van der Waals surface area (Å²) < 4.78 is 5.59. The van der Waals surface area contributed by atoms with Crippen molar-refractivity contribution in [3.8, 4) is 17.1 Å². The van der Waals surface area contributed by atoms with Gasteiger partial charge in [-0.3, -0.25) is 4.79 Å². The monoisotopic (exact) mass is 353 g/mol. The van der Waals surface area contributed by atoms with Crippen LogP contribution in [0.4, 0.5) is 5.69 Å². The van der Waals surface area contributed by atoms with Crippen molar-refractivity contribution in [1.82, 2.24) is 9.97 Å². The maximum atomic E-state index is 12.2. The van der Waals surface area contributed by atoms with Gasteiger partial charge in [0, 0.05) is 10.6 Å². The highest BCUT2D eigenvalue weighted by molar-refractivity contribution is 6.30. The zero-order valence-electron chi connectivity index (χ0n) is 13.5. The number of para-hydroxylation sites is 1. The minimum absolute atomic E-state index is 0.275. The smallest absolute Gasteiger partial charge is 0.265 e. The van der Waals surface area contributed by atoms with E-state index in [4.69, 9.17) is 16.3 Å². The Hall–Kier alpha value is -2.92. The number of hydrogen-bond acceptors (Lipinski definition) is 4. The van der Waals surface area contributed by atoms with Gasteiger partial charge in [0.15, 0.2) is 11.9 Å². The van der Waals surface area contributed by atoms with Crippen molar-refractivity contribution in [3.63, 3.8) is 0 Å². The third-order valence-corrected chi connectivity index (χ3v) is 3.66. The van der Waals surface area contributed by atoms with E-state index >= 15 is 0 Å². The first-order chi connectivity index (χ1) is 12.1. The molecule has 0 aliphatic rings. The largest absolute Gasteiger partial charge is 0.481 e. The van der Waals surface area contributed by atoms with E-state index < -0.39 is 6.10 Å². The van der Waals surface area contributed by atoms with Crippen LogP contribution in [0.2, 0.25) is 5.02 Å². The van der Waals surface area contributed by atoms with Crippen molar-refractivity contribution in [3.05, 3.63) is 72.0 Å². The molecule has 1 atom stereocenters. The summed E-state index contributed by atoms with van der Waals surface area (Å²) in [5.41, 5.74) is 1.31. The minimum Gasteiger partial charge on any atom is -0.481 e. The van der Waals surface area contributed by atoms with E-state index in [-0.39, 0.29) is 5.91 Å². The number of aromatic nitrogens is 2. The number of carbonyl (C=O) groups excluding carboxylic acids is 1. The van der Waals surface area contributed by atoms with Gasteiger partial charge in [0.05, 0.1) is 18.1 Å². The van der Waals surface area contributed by atoms with Crippen molar-refractivity contribution in [2.45, 2.75) is 13.0 Å². The Labute approximate surface area is 150 Å². The number of hydrogen-bond donors (Lipinski definition) is 1. The Bertz CT molecular complexity index is 854. The molecule has 126 valence electrons. The number of benzene rings is 2. The van der Waals surface area contributed by atoms with Crippen LogP contribution >= 0.6 is 11.6 Å². The SMILES string of the molecule is CC(Oc1ccccc1)C(=O)Nc1cnc(-c2cccc(Cl)c2)nc1. The summed E-state index contributed by atoms with van der Waals surface area (Å²) >= 11 is 5.97. The molecule has 0 saturated carbocycles. The second kappa shape index (κ2) is 7.77. The van der Waals surface area contributed by atoms with Crippen molar-refractivity contribution in [1.29, 1.82) is 0 Å². The van der Waals surface area contributed by atoms with Crippen LogP contribution in [-0.4, -0.2) is 22.0 Å². The van der Waals surface area contributed by atoms with E-state index in [2.05, 4.69) is 15.3 Å². The number of amides is 1. The van der Waals surface area contributed by atoms with E-state index in [0.717, 1.165) is 5.56 Å². The molecule has 0 bridgehead atoms. The molecule has 1 heterocycles. The molecule has 0 fully saturated rings. The van der Waals surface area contributed by atoms with Gasteiger partial charge in [0.1, 0.15) is 5.75 Å². The molecule has 3 aromatic rings. The predicted molar refractivity (Wildman–Crippen MR) is 97.6 cm³/mol. The topological polar surface area (TPSA) is 64.1 Å². The highest BCUT2D eigenvalue weighted by Crippen LogP contribution is 2.20. The third kappa shape index (κ3) is 4.55. The van der Waals surface area contributed by atoms with Gasteiger partial charge in [-0.1, -0.05) is 41.9 Å². The normalized spacial score (nSPS) is 11.6. The summed E-state index contributed by atoms with van der Waals surface area (Å²) in [6.07, 6.45) is 2.46. The maximum Gasteiger partial charge on any atom is 0.265 e. The Kier molecular flexibility index (Phi) is 5.26. The van der Waals surface area contributed by atoms with Crippen LogP contribution in [0.15, 0.2) is 67.0 Å². The molecule has 6 heteroatoms. The molecule has 2 aromatic carbocycles. The van der Waals surface area contributed by atoms with Gasteiger partial charge in [-0.05, 0) is 31.2 Å². The van der Waals surface area contributed by atoms with Gasteiger partial charge in [-0.15, -0.1) is 0 Å². The van der Waals surface area contributed by atoms with Gasteiger partial charge in [0.25, 0.3) is 5.91 Å². The third-order valence-electron chi connectivity index (χ3n) is 3.43. The molecule has 1 amide bonds. The number of rotatable bonds is 5. The molecule has 0 spiro atoms. The summed E-state index contributed by atoms with van der Waals surface area (Å²) in [6, 6.07) is 16.5. The van der Waals surface area contributed by atoms with Crippen LogP contribution in [0.25, 0.3) is 11.4 Å². The number of ether oxygens (including phenoxy) is 1. The lowest BCUT2D eigenvalue weighted by molar-refractivity contribution is -0.122. The molecule has 3 rings (SSSR count). The molecule has 0 radical (unpaired) electrons. The second-order valence-corrected chi connectivity index (χ2v) is 5.80. The van der Waals surface area contributed by atoms with Crippen LogP contribution in [-0.2, 0) is 4.79 Å². The first-order valence-corrected chi connectivity index (χ1v) is 8.10. The van der Waals surface area contributed by atoms with Gasteiger partial charge in [-0.2, -0.15) is 0 Å². The van der Waals surface area contributed by atoms with Crippen LogP contribution in [0.3, 0.4) is 0 Å². The fourth-order valence-electron chi connectivity index (χ4n) is 2.17. The van der Waals surface area contributed by atoms with Crippen LogP contribution in [0.5, 0.6) is 5.75 Å². The Morgan fingerprint density at radius 3 is 2.48 bits per heavy atom. The molecule has 1 unspecified atom stereocenters. The number of anilines is 1. The van der Waals surface area contributed by atoms with Crippen molar-refractivity contribution >= 4 is 23.2 Å². The zero-order chi connectivity index (χ0) is 17.6. The standard InChI is InChI=1S/C19H16ClN3O2/c1-13(25-17-8-3-2-4-9-17)19(24)23-16-11-21-18(22-12-16)14-6-5-7-15(20)10-14/h2-13H,1H3,(H,23,24). The Balaban J connectivity index is 1.63. The quantitative estimate of drug-likeness (QED) is 0.746. The second-order valence-electron chi connectivity index (χ2n) is 5.37. The van der Waals surface area contributed by atoms with Gasteiger partial charge in [-0.25, -0.2) is 9.97 Å². The molecule has 5 nitrogen and oxygen atoms in total. The van der Waals surface area contributed by atoms with Crippen molar-refractivity contribution in [2.24, 2.45) is 0 Å². The highest BCUT2D eigenvalue weighted by atomic mass is 35.5. The predicted octanol–water partition coefficient (Wildman–Crippen LogP) is 4.20. The zero-order valence-corrected chi connectivity index (χ0v) is 14.3. The highest BCUT2D eigenvalue weighted by Gasteiger charge is 2.15. The number of nitrogens with one attached hydrogen (secondary N) is 1. The van der Waals surface area contributed by atoms with E-state index in [1.165, 1.54) is 0 Å². The summed E-state index contributed by atoms with van der Waals surface area (Å²) in [5.74, 6) is 0.898. The average molecular weight is 354 g/mol. The van der Waals surface area contributed by atoms with E-state index in [1.807, 2.05) is 30.3 Å². The van der Waals surface area contributed by atoms with Gasteiger partial charge in [0.2, 0.25) is 0 Å². The maximum absolute atomic E-state index is 12.2. The fourth-order valence-corrected chi connectivity index (χ4v) is 2.36. The van der Waals surface area contributed by atoms with Gasteiger partial charge >= 0.3 is 0 Å². The summed E-state index contributed by atoms with van der Waals surface area (Å²) in [6.45, 7) is 1.68. The first-order valence-electron chi connectivity index (χ1n) is 7.72. The van der Waals surface area contributed by atoms with E-state index in [0.29, 0.717) is 22.3 Å². The van der Waals surface area contributed by atoms with Crippen LogP contribution < -0.4 is 10.1 Å². The molecular weight excluding hydrogens is 338 g/mol. The number of nitrogens with zero attached hydrogens (tertiary/aromatic N) is 2. The van der Waals surface area contributed by atoms with E-state index in [9.17, 15) is 4.79 Å². The lowest BCUT2D eigenvalue weighted by Gasteiger charge is -2.14. The molecular formula is C19H16ClN3O2. The van der Waals surface area contributed by atoms with Crippen molar-refractivity contribution < 1.29 is 9.53 Å². The Morgan fingerprint density at radius 1 is 1.08 bits per heavy atom. The van der Waals surface area contributed by atoms with Crippen LogP contribution in [0, 0.1) is 0 Å². The lowest BCUT2D eigenvalue weighted by atomic mass is 10.2. The van der Waals surface area contributed by atoms with E-state index in [1.54, 1.807) is 43.6 Å². The molecule has 1 N–H and O–H groups in total. The molecule has 0 aliphatic heterocycles. The molecule has 0 saturated heterocycles. The number of carbonyl (C=O) groups is 1. The summed E-state index contributed by atoms with van der Waals surface area (Å²) in [4.78, 5) is 20.7. The van der Waals surface area contributed by atoms with Crippen molar-refractivity contribution in [2.75, 3.05) is 5.32 Å². The molecule has 1 aromatic heterocycles. The minimum atomic E-state index is -0.644. The first kappa shape index (κ1) is 16.9. The van der Waals surface area contributed by atoms with Gasteiger partial charge < -0.3 is 10.1 Å². The fraction of sp³-hybridized carbons (Fsp3) is 0.105.